The van der Waals surface area contributed by atoms with E-state index in [1.807, 2.05) is 30.3 Å². The Balaban J connectivity index is 1.27. The fourth-order valence-corrected chi connectivity index (χ4v) is 7.58. The number of fused-ring (bicyclic) bond motifs is 4. The summed E-state index contributed by atoms with van der Waals surface area (Å²) in [6, 6.07) is 15.7. The van der Waals surface area contributed by atoms with E-state index in [1.165, 1.54) is 0 Å². The summed E-state index contributed by atoms with van der Waals surface area (Å²) in [6.45, 7) is 3.28. The summed E-state index contributed by atoms with van der Waals surface area (Å²) >= 11 is 0. The molecule has 7 nitrogen and oxygen atoms in total. The zero-order valence-corrected chi connectivity index (χ0v) is 21.8. The molecular weight excluding hydrogens is 493 g/mol. The van der Waals surface area contributed by atoms with E-state index in [0.717, 1.165) is 80.3 Å². The van der Waals surface area contributed by atoms with Gasteiger partial charge in [0.05, 0.1) is 6.10 Å². The van der Waals surface area contributed by atoms with Gasteiger partial charge in [0.25, 0.3) is 0 Å². The Morgan fingerprint density at radius 2 is 1.69 bits per heavy atom. The molecule has 8 rings (SSSR count). The van der Waals surface area contributed by atoms with Gasteiger partial charge in [-0.1, -0.05) is 30.3 Å². The minimum absolute atomic E-state index is 0.105. The maximum atomic E-state index is 16.6. The van der Waals surface area contributed by atoms with E-state index in [-0.39, 0.29) is 17.3 Å². The van der Waals surface area contributed by atoms with Crippen molar-refractivity contribution in [2.75, 3.05) is 36.0 Å². The Labute approximate surface area is 226 Å². The van der Waals surface area contributed by atoms with E-state index in [4.69, 9.17) is 9.97 Å². The maximum Gasteiger partial charge on any atom is 0.228 e. The van der Waals surface area contributed by atoms with Gasteiger partial charge in [-0.25, -0.2) is 9.37 Å². The van der Waals surface area contributed by atoms with Crippen molar-refractivity contribution in [3.05, 3.63) is 54.3 Å². The van der Waals surface area contributed by atoms with Crippen molar-refractivity contribution in [3.8, 4) is 16.9 Å². The van der Waals surface area contributed by atoms with Gasteiger partial charge < -0.3 is 25.3 Å². The van der Waals surface area contributed by atoms with Crippen molar-refractivity contribution in [1.82, 2.24) is 15.3 Å². The van der Waals surface area contributed by atoms with Gasteiger partial charge in [-0.05, 0) is 66.6 Å². The number of nitrogens with zero attached hydrogens (tertiary/aromatic N) is 4. The average Bonchev–Trinajstić information content (AvgIpc) is 3.48. The summed E-state index contributed by atoms with van der Waals surface area (Å²) in [5.74, 6) is 1.07. The number of aromatic nitrogens is 2. The van der Waals surface area contributed by atoms with Crippen molar-refractivity contribution in [1.29, 1.82) is 0 Å². The number of anilines is 2. The quantitative estimate of drug-likeness (QED) is 0.361. The number of phenolic OH excluding ortho intramolecular Hbond substituents is 1. The van der Waals surface area contributed by atoms with E-state index < -0.39 is 5.82 Å². The maximum absolute atomic E-state index is 16.6. The molecule has 4 heterocycles. The van der Waals surface area contributed by atoms with Gasteiger partial charge in [-0.2, -0.15) is 4.98 Å². The van der Waals surface area contributed by atoms with Crippen LogP contribution in [-0.2, 0) is 0 Å². The number of hydrogen-bond donors (Lipinski definition) is 3. The van der Waals surface area contributed by atoms with Crippen LogP contribution in [0.15, 0.2) is 48.5 Å². The van der Waals surface area contributed by atoms with Crippen LogP contribution < -0.4 is 15.1 Å². The van der Waals surface area contributed by atoms with Crippen molar-refractivity contribution in [3.63, 3.8) is 0 Å². The summed E-state index contributed by atoms with van der Waals surface area (Å²) < 4.78 is 16.6. The molecule has 39 heavy (non-hydrogen) atoms. The number of rotatable bonds is 3. The van der Waals surface area contributed by atoms with Gasteiger partial charge in [0.1, 0.15) is 17.1 Å². The molecule has 3 atom stereocenters. The monoisotopic (exact) mass is 525 g/mol. The van der Waals surface area contributed by atoms with E-state index in [9.17, 15) is 10.2 Å². The zero-order valence-electron chi connectivity index (χ0n) is 21.8. The number of aromatic hydroxyl groups is 1. The summed E-state index contributed by atoms with van der Waals surface area (Å²) in [5.41, 5.74) is 1.50. The number of halogens is 1. The Morgan fingerprint density at radius 1 is 0.897 bits per heavy atom. The van der Waals surface area contributed by atoms with Crippen LogP contribution in [0.25, 0.3) is 32.8 Å². The highest BCUT2D eigenvalue weighted by Gasteiger charge is 2.49. The lowest BCUT2D eigenvalue weighted by Gasteiger charge is -2.48. The molecule has 1 aliphatic carbocycles. The van der Waals surface area contributed by atoms with Crippen LogP contribution in [-0.4, -0.2) is 64.5 Å². The Morgan fingerprint density at radius 3 is 2.46 bits per heavy atom. The van der Waals surface area contributed by atoms with Crippen LogP contribution in [0.2, 0.25) is 0 Å². The predicted molar refractivity (Wildman–Crippen MR) is 151 cm³/mol. The van der Waals surface area contributed by atoms with Gasteiger partial charge in [-0.3, -0.25) is 0 Å². The SMILES string of the molecule is Oc1cc(-c2ccc3c(N4C[C@H]5CC[C@@H](C4)N5)nc(N4CC5(CCC(O)C5)C4)nc3c2F)c2ccccc2c1. The fourth-order valence-electron chi connectivity index (χ4n) is 7.58. The minimum Gasteiger partial charge on any atom is -0.508 e. The first-order chi connectivity index (χ1) is 18.9. The van der Waals surface area contributed by atoms with Crippen LogP contribution >= 0.6 is 0 Å². The standard InChI is InChI=1S/C31H32FN5O2/c32-27-24(26-12-22(39)11-18-3-1-2-4-23(18)26)7-8-25-28(27)34-30(37-16-31(17-37)10-9-21(38)13-31)35-29(25)36-14-19-5-6-20(15-36)33-19/h1-4,7-8,11-12,19-21,33,38-39H,5-6,9-10,13-17H2/t19-,20+,21?. The molecule has 4 aliphatic rings. The largest absolute Gasteiger partial charge is 0.508 e. The molecule has 3 saturated heterocycles. The highest BCUT2D eigenvalue weighted by Crippen LogP contribution is 2.47. The van der Waals surface area contributed by atoms with Gasteiger partial charge in [0, 0.05) is 54.6 Å². The zero-order chi connectivity index (χ0) is 26.3. The second-order valence-electron chi connectivity index (χ2n) is 12.2. The molecular formula is C31H32FN5O2. The normalized spacial score (nSPS) is 25.6. The average molecular weight is 526 g/mol. The van der Waals surface area contributed by atoms with E-state index >= 15 is 4.39 Å². The van der Waals surface area contributed by atoms with Gasteiger partial charge in [-0.15, -0.1) is 0 Å². The second kappa shape index (κ2) is 8.50. The first kappa shape index (κ1) is 23.4. The lowest BCUT2D eigenvalue weighted by atomic mass is 9.78. The Bertz CT molecular complexity index is 1610. The Hall–Kier alpha value is -3.49. The molecule has 8 heteroatoms. The molecule has 3 N–H and O–H groups in total. The van der Waals surface area contributed by atoms with Crippen molar-refractivity contribution >= 4 is 33.4 Å². The number of hydrogen-bond acceptors (Lipinski definition) is 7. The number of aliphatic hydroxyl groups excluding tert-OH is 1. The predicted octanol–water partition coefficient (Wildman–Crippen LogP) is 4.59. The topological polar surface area (TPSA) is 84.8 Å². The fraction of sp³-hybridized carbons (Fsp3) is 0.419. The third kappa shape index (κ3) is 3.76. The molecule has 1 saturated carbocycles. The number of aliphatic hydroxyl groups is 1. The van der Waals surface area contributed by atoms with Crippen LogP contribution in [0.1, 0.15) is 32.1 Å². The first-order valence-electron chi connectivity index (χ1n) is 14.1. The summed E-state index contributed by atoms with van der Waals surface area (Å²) in [4.78, 5) is 14.4. The van der Waals surface area contributed by atoms with Crippen molar-refractivity contribution < 1.29 is 14.6 Å². The van der Waals surface area contributed by atoms with Crippen LogP contribution in [0.3, 0.4) is 0 Å². The smallest absolute Gasteiger partial charge is 0.228 e. The van der Waals surface area contributed by atoms with Crippen LogP contribution in [0.5, 0.6) is 5.75 Å². The van der Waals surface area contributed by atoms with Crippen molar-refractivity contribution in [2.45, 2.75) is 50.3 Å². The molecule has 4 aromatic rings. The minimum atomic E-state index is -0.391. The molecule has 3 aliphatic heterocycles. The highest BCUT2D eigenvalue weighted by atomic mass is 19.1. The number of benzene rings is 3. The van der Waals surface area contributed by atoms with Gasteiger partial charge in [0.15, 0.2) is 5.82 Å². The van der Waals surface area contributed by atoms with Crippen LogP contribution in [0, 0.1) is 11.2 Å². The van der Waals surface area contributed by atoms with Gasteiger partial charge >= 0.3 is 0 Å². The number of phenols is 1. The third-order valence-corrected chi connectivity index (χ3v) is 9.44. The lowest BCUT2D eigenvalue weighted by Crippen LogP contribution is -2.56. The Kier molecular flexibility index (Phi) is 5.10. The summed E-state index contributed by atoms with van der Waals surface area (Å²) in [7, 11) is 0. The van der Waals surface area contributed by atoms with E-state index in [2.05, 4.69) is 15.1 Å². The third-order valence-electron chi connectivity index (χ3n) is 9.44. The molecule has 2 bridgehead atoms. The van der Waals surface area contributed by atoms with Crippen LogP contribution in [0.4, 0.5) is 16.2 Å². The van der Waals surface area contributed by atoms with Crippen molar-refractivity contribution in [2.24, 2.45) is 5.41 Å². The number of piperazine rings is 1. The van der Waals surface area contributed by atoms with E-state index in [1.54, 1.807) is 18.2 Å². The second-order valence-corrected chi connectivity index (χ2v) is 12.2. The molecule has 0 amide bonds. The summed E-state index contributed by atoms with van der Waals surface area (Å²) in [5, 5.41) is 26.7. The summed E-state index contributed by atoms with van der Waals surface area (Å²) in [6.07, 6.45) is 4.74. The van der Waals surface area contributed by atoms with E-state index in [0.29, 0.717) is 34.7 Å². The highest BCUT2D eigenvalue weighted by molar-refractivity contribution is 6.01. The molecule has 4 fully saturated rings. The molecule has 1 aromatic heterocycles. The molecule has 1 spiro atoms. The molecule has 0 radical (unpaired) electrons. The molecule has 3 aromatic carbocycles. The lowest BCUT2D eigenvalue weighted by molar-refractivity contribution is 0.141. The molecule has 1 unspecified atom stereocenters. The first-order valence-corrected chi connectivity index (χ1v) is 14.1. The number of nitrogens with one attached hydrogen (secondary N) is 1. The molecule has 200 valence electrons. The van der Waals surface area contributed by atoms with Gasteiger partial charge in [0.2, 0.25) is 5.95 Å².